The van der Waals surface area contributed by atoms with E-state index in [4.69, 9.17) is 7.57 Å². The highest BCUT2D eigenvalue weighted by Gasteiger charge is 2.44. The van der Waals surface area contributed by atoms with Gasteiger partial charge in [-0.05, 0) is 52.7 Å². The van der Waals surface area contributed by atoms with Crippen molar-refractivity contribution in [1.29, 1.82) is 0 Å². The van der Waals surface area contributed by atoms with Crippen molar-refractivity contribution in [1.82, 2.24) is 4.49 Å². The molecule has 0 aliphatic rings. The lowest BCUT2D eigenvalue weighted by atomic mass is 10.1. The number of nitrogens with one attached hydrogen (secondary N) is 1. The van der Waals surface area contributed by atoms with Crippen molar-refractivity contribution >= 4 is 24.9 Å². The van der Waals surface area contributed by atoms with Gasteiger partial charge in [-0.25, -0.2) is 8.42 Å². The molecule has 1 rings (SSSR count). The maximum Gasteiger partial charge on any atom is 0.387 e. The molecule has 2 radical (unpaired) electrons. The van der Waals surface area contributed by atoms with Crippen molar-refractivity contribution in [3.8, 4) is 0 Å². The number of benzene rings is 1. The van der Waals surface area contributed by atoms with Crippen molar-refractivity contribution in [3.05, 3.63) is 28.8 Å². The maximum atomic E-state index is 12.7. The van der Waals surface area contributed by atoms with Gasteiger partial charge in [-0.1, -0.05) is 17.7 Å². The molecule has 0 aliphatic carbocycles. The molecule has 1 unspecified atom stereocenters. The van der Waals surface area contributed by atoms with Crippen LogP contribution in [0.3, 0.4) is 0 Å². The second-order valence-electron chi connectivity index (χ2n) is 6.57. The molecule has 0 saturated carbocycles. The van der Waals surface area contributed by atoms with Crippen molar-refractivity contribution in [2.24, 2.45) is 0 Å². The lowest BCUT2D eigenvalue weighted by Crippen LogP contribution is -2.35. The van der Waals surface area contributed by atoms with E-state index in [0.29, 0.717) is 4.90 Å². The van der Waals surface area contributed by atoms with Gasteiger partial charge < -0.3 is 0 Å². The van der Waals surface area contributed by atoms with Gasteiger partial charge in [0, 0.05) is 7.29 Å². The van der Waals surface area contributed by atoms with E-state index >= 15 is 0 Å². The summed E-state index contributed by atoms with van der Waals surface area (Å²) in [4.78, 5) is 0.351. The summed E-state index contributed by atoms with van der Waals surface area (Å²) in [6.45, 7) is 13.3. The minimum Gasteiger partial charge on any atom is -0.204 e. The quantitative estimate of drug-likeness (QED) is 0.687. The van der Waals surface area contributed by atoms with Crippen LogP contribution in [0.25, 0.3) is 0 Å². The van der Waals surface area contributed by atoms with Crippen LogP contribution in [-0.2, 0) is 10.0 Å². The molecular formula is C14H24BNO2PS+. The van der Waals surface area contributed by atoms with Gasteiger partial charge in [-0.2, -0.15) is 0 Å². The molecule has 20 heavy (non-hydrogen) atoms. The zero-order chi connectivity index (χ0) is 15.9. The highest BCUT2D eigenvalue weighted by atomic mass is 32.2. The van der Waals surface area contributed by atoms with Gasteiger partial charge in [-0.3, -0.25) is 0 Å². The monoisotopic (exact) mass is 312 g/mol. The Labute approximate surface area is 125 Å². The fraction of sp³-hybridized carbons (Fsp3) is 0.571. The van der Waals surface area contributed by atoms with Crippen LogP contribution in [0.1, 0.15) is 37.5 Å². The minimum absolute atomic E-state index is 0.285. The number of hydrogen-bond acceptors (Lipinski definition) is 2. The van der Waals surface area contributed by atoms with Gasteiger partial charge in [0.15, 0.2) is 0 Å². The molecular weight excluding hydrogens is 288 g/mol. The lowest BCUT2D eigenvalue weighted by Gasteiger charge is -2.32. The third kappa shape index (κ3) is 3.63. The molecule has 0 aromatic heterocycles. The van der Waals surface area contributed by atoms with Crippen LogP contribution in [0.2, 0.25) is 0 Å². The highest BCUT2D eigenvalue weighted by molar-refractivity contribution is 8.07. The average Bonchev–Trinajstić information content (AvgIpc) is 2.09. The number of sulfonamides is 1. The number of aryl methyl sites for hydroxylation is 3. The summed E-state index contributed by atoms with van der Waals surface area (Å²) in [6, 6.07) is 3.76. The molecule has 110 valence electrons. The predicted octanol–water partition coefficient (Wildman–Crippen LogP) is 3.33. The van der Waals surface area contributed by atoms with Gasteiger partial charge >= 0.3 is 7.57 Å². The van der Waals surface area contributed by atoms with Gasteiger partial charge in [0.05, 0.1) is 16.7 Å². The summed E-state index contributed by atoms with van der Waals surface area (Å²) in [5, 5.41) is -0.285. The van der Waals surface area contributed by atoms with Gasteiger partial charge in [0.1, 0.15) is 0 Å². The third-order valence-corrected chi connectivity index (χ3v) is 10.0. The maximum absolute atomic E-state index is 12.7. The van der Waals surface area contributed by atoms with Crippen LogP contribution in [0, 0.1) is 20.8 Å². The summed E-state index contributed by atoms with van der Waals surface area (Å²) in [5.41, 5.74) is 2.56. The molecule has 3 nitrogen and oxygen atoms in total. The topological polar surface area (TPSA) is 46.2 Å². The summed E-state index contributed by atoms with van der Waals surface area (Å²) in [5.74, 6) is 0. The Kier molecular flexibility index (Phi) is 4.80. The first-order chi connectivity index (χ1) is 8.78. The van der Waals surface area contributed by atoms with E-state index in [1.807, 2.05) is 60.3 Å². The Balaban J connectivity index is 3.34. The second kappa shape index (κ2) is 5.44. The van der Waals surface area contributed by atoms with E-state index in [1.165, 1.54) is 0 Å². The molecule has 0 bridgehead atoms. The van der Waals surface area contributed by atoms with E-state index in [0.717, 1.165) is 16.7 Å². The van der Waals surface area contributed by atoms with Gasteiger partial charge in [0.2, 0.25) is 0 Å². The molecule has 1 atom stereocenters. The Morgan fingerprint density at radius 3 is 1.85 bits per heavy atom. The van der Waals surface area contributed by atoms with Crippen LogP contribution in [0.5, 0.6) is 0 Å². The fourth-order valence-electron chi connectivity index (χ4n) is 2.02. The Morgan fingerprint density at radius 1 is 1.10 bits per heavy atom. The van der Waals surface area contributed by atoms with Crippen molar-refractivity contribution in [2.75, 3.05) is 6.66 Å². The molecule has 1 aromatic carbocycles. The van der Waals surface area contributed by atoms with Crippen molar-refractivity contribution in [2.45, 2.75) is 51.6 Å². The predicted molar refractivity (Wildman–Crippen MR) is 89.3 cm³/mol. The van der Waals surface area contributed by atoms with E-state index < -0.39 is 17.3 Å². The number of rotatable bonds is 3. The molecule has 1 N–H and O–H groups in total. The zero-order valence-corrected chi connectivity index (χ0v) is 15.1. The molecule has 0 aliphatic heterocycles. The van der Waals surface area contributed by atoms with Crippen molar-refractivity contribution in [3.63, 3.8) is 0 Å². The largest absolute Gasteiger partial charge is 0.387 e. The third-order valence-electron chi connectivity index (χ3n) is 3.58. The second-order valence-corrected chi connectivity index (χ2v) is 12.2. The summed E-state index contributed by atoms with van der Waals surface area (Å²) in [7, 11) is 0.360. The molecule has 0 saturated heterocycles. The van der Waals surface area contributed by atoms with Gasteiger partial charge in [0.25, 0.3) is 10.0 Å². The molecule has 0 spiro atoms. The Hall–Kier alpha value is -0.375. The molecule has 0 heterocycles. The smallest absolute Gasteiger partial charge is 0.204 e. The zero-order valence-electron chi connectivity index (χ0n) is 13.4. The molecule has 0 amide bonds. The van der Waals surface area contributed by atoms with Gasteiger partial charge in [-0.15, -0.1) is 4.49 Å². The normalized spacial score (nSPS) is 15.9. The first kappa shape index (κ1) is 17.7. The van der Waals surface area contributed by atoms with Crippen LogP contribution < -0.4 is 4.49 Å². The lowest BCUT2D eigenvalue weighted by molar-refractivity contribution is 0.591. The Morgan fingerprint density at radius 2 is 1.50 bits per heavy atom. The SMILES string of the molecule is [B][P+](C)(NS(=O)(=O)c1c(C)cc(C)cc1C)C(C)(C)C. The fourth-order valence-corrected chi connectivity index (χ4v) is 6.45. The summed E-state index contributed by atoms with van der Waals surface area (Å²) >= 11 is 0. The standard InChI is InChI=1S/C14H24BNO2PS/c1-10-8-11(2)13(12(3)9-10)20(17,18)16-19(7,15)14(4,5)6/h8-9,16H,1-7H3/q+1. The van der Waals surface area contributed by atoms with Crippen LogP contribution >= 0.6 is 7.29 Å². The molecule has 1 aromatic rings. The molecule has 6 heteroatoms. The van der Waals surface area contributed by atoms with E-state index in [2.05, 4.69) is 4.49 Å². The first-order valence-corrected chi connectivity index (χ1v) is 10.3. The van der Waals surface area contributed by atoms with Crippen LogP contribution in [0.15, 0.2) is 17.0 Å². The number of hydrogen-bond donors (Lipinski definition) is 1. The highest BCUT2D eigenvalue weighted by Crippen LogP contribution is 2.58. The minimum atomic E-state index is -3.60. The first-order valence-electron chi connectivity index (χ1n) is 6.55. The summed E-state index contributed by atoms with van der Waals surface area (Å²) in [6.07, 6.45) is 0. The molecule has 0 fully saturated rings. The average molecular weight is 312 g/mol. The summed E-state index contributed by atoms with van der Waals surface area (Å²) < 4.78 is 28.1. The van der Waals surface area contributed by atoms with Crippen LogP contribution in [0.4, 0.5) is 0 Å². The van der Waals surface area contributed by atoms with Crippen LogP contribution in [-0.4, -0.2) is 27.8 Å². The van der Waals surface area contributed by atoms with E-state index in [-0.39, 0.29) is 5.16 Å². The van der Waals surface area contributed by atoms with Crippen molar-refractivity contribution < 1.29 is 8.42 Å². The Bertz CT molecular complexity index is 596. The van der Waals surface area contributed by atoms with E-state index in [9.17, 15) is 8.42 Å². The van der Waals surface area contributed by atoms with E-state index in [1.54, 1.807) is 0 Å².